The average molecular weight is 359 g/mol. The molecule has 1 aliphatic rings. The lowest BCUT2D eigenvalue weighted by Crippen LogP contribution is -2.18. The van der Waals surface area contributed by atoms with Crippen molar-refractivity contribution in [3.8, 4) is 10.4 Å². The maximum absolute atomic E-state index is 12.3. The maximum Gasteiger partial charge on any atom is 0.251 e. The van der Waals surface area contributed by atoms with Crippen LogP contribution in [-0.4, -0.2) is 10.5 Å². The predicted octanol–water partition coefficient (Wildman–Crippen LogP) is 5.55. The largest absolute Gasteiger partial charge is 0.366 e. The third kappa shape index (κ3) is 3.84. The van der Waals surface area contributed by atoms with Crippen molar-refractivity contribution in [1.29, 1.82) is 0 Å². The van der Waals surface area contributed by atoms with Crippen LogP contribution in [0.3, 0.4) is 0 Å². The van der Waals surface area contributed by atoms with Gasteiger partial charge < -0.3 is 10.3 Å². The molecular formula is C21H30N2OS. The van der Waals surface area contributed by atoms with E-state index in [0.717, 1.165) is 48.5 Å². The number of amides is 1. The number of hydrogen-bond acceptors (Lipinski definition) is 2. The zero-order valence-electron chi connectivity index (χ0n) is 15.5. The molecule has 1 amide bonds. The zero-order valence-corrected chi connectivity index (χ0v) is 16.3. The quantitative estimate of drug-likeness (QED) is 0.693. The van der Waals surface area contributed by atoms with Crippen LogP contribution in [0, 0.1) is 12.8 Å². The molecule has 25 heavy (non-hydrogen) atoms. The second-order valence-corrected chi connectivity index (χ2v) is 8.29. The predicted molar refractivity (Wildman–Crippen MR) is 106 cm³/mol. The number of unbranched alkanes of at least 4 members (excludes halogenated alkanes) is 1. The van der Waals surface area contributed by atoms with Crippen LogP contribution < -0.4 is 5.73 Å². The minimum Gasteiger partial charge on any atom is -0.366 e. The molecule has 2 N–H and O–H groups in total. The summed E-state index contributed by atoms with van der Waals surface area (Å²) in [7, 11) is 0. The molecule has 0 bridgehead atoms. The fraction of sp³-hybridized carbons (Fsp3) is 0.571. The maximum atomic E-state index is 12.3. The van der Waals surface area contributed by atoms with Gasteiger partial charge in [-0.1, -0.05) is 38.7 Å². The van der Waals surface area contributed by atoms with Gasteiger partial charge in [-0.2, -0.15) is 0 Å². The molecule has 3 nitrogen and oxygen atoms in total. The topological polar surface area (TPSA) is 48.0 Å². The van der Waals surface area contributed by atoms with E-state index in [1.54, 1.807) is 11.3 Å². The fourth-order valence-electron chi connectivity index (χ4n) is 4.26. The Morgan fingerprint density at radius 2 is 2.08 bits per heavy atom. The van der Waals surface area contributed by atoms with Crippen molar-refractivity contribution in [1.82, 2.24) is 4.57 Å². The molecule has 4 heteroatoms. The monoisotopic (exact) mass is 358 g/mol. The summed E-state index contributed by atoms with van der Waals surface area (Å²) in [6.45, 7) is 5.34. The highest BCUT2D eigenvalue weighted by molar-refractivity contribution is 7.13. The first-order chi connectivity index (χ1) is 12.1. The summed E-state index contributed by atoms with van der Waals surface area (Å²) in [6.07, 6.45) is 10.00. The van der Waals surface area contributed by atoms with E-state index in [-0.39, 0.29) is 5.91 Å². The van der Waals surface area contributed by atoms with E-state index in [2.05, 4.69) is 35.9 Å². The number of aromatic nitrogens is 1. The summed E-state index contributed by atoms with van der Waals surface area (Å²) in [5.74, 6) is 0.443. The molecule has 0 saturated heterocycles. The summed E-state index contributed by atoms with van der Waals surface area (Å²) in [4.78, 5) is 13.5. The van der Waals surface area contributed by atoms with Gasteiger partial charge in [-0.15, -0.1) is 11.3 Å². The van der Waals surface area contributed by atoms with E-state index in [9.17, 15) is 4.79 Å². The first-order valence-corrected chi connectivity index (χ1v) is 10.6. The number of carbonyl (C=O) groups is 1. The molecule has 0 atom stereocenters. The molecular weight excluding hydrogens is 328 g/mol. The Hall–Kier alpha value is -1.55. The van der Waals surface area contributed by atoms with E-state index >= 15 is 0 Å². The first-order valence-electron chi connectivity index (χ1n) is 9.69. The van der Waals surface area contributed by atoms with Crippen LogP contribution in [0.5, 0.6) is 0 Å². The lowest BCUT2D eigenvalue weighted by molar-refractivity contribution is 0.1000. The number of primary amides is 1. The van der Waals surface area contributed by atoms with Gasteiger partial charge in [0.15, 0.2) is 0 Å². The molecule has 2 aromatic heterocycles. The molecule has 3 rings (SSSR count). The van der Waals surface area contributed by atoms with Crippen LogP contribution in [-0.2, 0) is 13.0 Å². The van der Waals surface area contributed by atoms with Gasteiger partial charge in [-0.05, 0) is 50.0 Å². The molecule has 1 saturated carbocycles. The number of hydrogen-bond donors (Lipinski definition) is 1. The van der Waals surface area contributed by atoms with E-state index in [1.165, 1.54) is 42.7 Å². The Balaban J connectivity index is 2.08. The van der Waals surface area contributed by atoms with Gasteiger partial charge >= 0.3 is 0 Å². The molecule has 136 valence electrons. The van der Waals surface area contributed by atoms with Crippen molar-refractivity contribution >= 4 is 17.2 Å². The van der Waals surface area contributed by atoms with Crippen LogP contribution in [0.4, 0.5) is 0 Å². The highest BCUT2D eigenvalue weighted by atomic mass is 32.1. The highest BCUT2D eigenvalue weighted by Crippen LogP contribution is 2.37. The van der Waals surface area contributed by atoms with E-state index in [4.69, 9.17) is 5.73 Å². The number of thiophene rings is 1. The summed E-state index contributed by atoms with van der Waals surface area (Å²) in [5, 5.41) is 2.08. The third-order valence-corrected chi connectivity index (χ3v) is 6.47. The van der Waals surface area contributed by atoms with Crippen LogP contribution in [0.15, 0.2) is 17.5 Å². The van der Waals surface area contributed by atoms with Crippen molar-refractivity contribution in [2.75, 3.05) is 0 Å². The number of carbonyl (C=O) groups excluding carboxylic acids is 1. The second-order valence-electron chi connectivity index (χ2n) is 7.34. The highest BCUT2D eigenvalue weighted by Gasteiger charge is 2.26. The van der Waals surface area contributed by atoms with Gasteiger partial charge in [0, 0.05) is 28.4 Å². The Kier molecular flexibility index (Phi) is 6.00. The van der Waals surface area contributed by atoms with Crippen LogP contribution >= 0.6 is 11.3 Å². The Morgan fingerprint density at radius 1 is 1.32 bits per heavy atom. The van der Waals surface area contributed by atoms with Crippen LogP contribution in [0.1, 0.15) is 73.6 Å². The smallest absolute Gasteiger partial charge is 0.251 e. The SMILES string of the molecule is CCCCc1c(-c2cccs2)c(C(N)=O)c(C)n1CC1CCCCC1. The summed E-state index contributed by atoms with van der Waals surface area (Å²) >= 11 is 1.70. The molecule has 1 aliphatic carbocycles. The molecule has 2 aromatic rings. The standard InChI is InChI=1S/C21H30N2OS/c1-3-4-11-17-20(18-12-8-13-25-18)19(21(22)24)15(2)23(17)14-16-9-6-5-7-10-16/h8,12-13,16H,3-7,9-11,14H2,1-2H3,(H2,22,24). The molecule has 0 aliphatic heterocycles. The van der Waals surface area contributed by atoms with Crippen molar-refractivity contribution in [2.24, 2.45) is 11.7 Å². The van der Waals surface area contributed by atoms with Crippen molar-refractivity contribution in [3.63, 3.8) is 0 Å². The van der Waals surface area contributed by atoms with Gasteiger partial charge in [-0.3, -0.25) is 4.79 Å². The van der Waals surface area contributed by atoms with Gasteiger partial charge in [0.25, 0.3) is 5.91 Å². The first kappa shape index (κ1) is 18.2. The Bertz CT molecular complexity index is 709. The lowest BCUT2D eigenvalue weighted by Gasteiger charge is -2.24. The van der Waals surface area contributed by atoms with Crippen LogP contribution in [0.25, 0.3) is 10.4 Å². The van der Waals surface area contributed by atoms with Gasteiger partial charge in [0.1, 0.15) is 0 Å². The number of rotatable bonds is 7. The number of nitrogens with zero attached hydrogens (tertiary/aromatic N) is 1. The molecule has 0 unspecified atom stereocenters. The zero-order chi connectivity index (χ0) is 17.8. The van der Waals surface area contributed by atoms with E-state index in [0.29, 0.717) is 0 Å². The number of nitrogens with two attached hydrogens (primary N) is 1. The fourth-order valence-corrected chi connectivity index (χ4v) is 5.06. The summed E-state index contributed by atoms with van der Waals surface area (Å²) in [5.41, 5.74) is 10.0. The normalized spacial score (nSPS) is 15.6. The molecule has 0 radical (unpaired) electrons. The minimum absolute atomic E-state index is 0.291. The van der Waals surface area contributed by atoms with Crippen molar-refractivity contribution in [2.45, 2.75) is 71.8 Å². The van der Waals surface area contributed by atoms with Crippen molar-refractivity contribution in [3.05, 3.63) is 34.5 Å². The molecule has 0 aromatic carbocycles. The molecule has 1 fully saturated rings. The Labute approximate surface area is 155 Å². The molecule has 0 spiro atoms. The second kappa shape index (κ2) is 8.22. The molecule has 2 heterocycles. The average Bonchev–Trinajstić information content (AvgIpc) is 3.21. The van der Waals surface area contributed by atoms with Crippen LogP contribution in [0.2, 0.25) is 0 Å². The lowest BCUT2D eigenvalue weighted by atomic mass is 9.89. The summed E-state index contributed by atoms with van der Waals surface area (Å²) < 4.78 is 2.43. The van der Waals surface area contributed by atoms with Gasteiger partial charge in [0.05, 0.1) is 5.56 Å². The summed E-state index contributed by atoms with van der Waals surface area (Å²) in [6, 6.07) is 4.18. The van der Waals surface area contributed by atoms with Gasteiger partial charge in [0.2, 0.25) is 0 Å². The third-order valence-electron chi connectivity index (χ3n) is 5.58. The van der Waals surface area contributed by atoms with Crippen molar-refractivity contribution < 1.29 is 4.79 Å². The Morgan fingerprint density at radius 3 is 2.68 bits per heavy atom. The van der Waals surface area contributed by atoms with E-state index < -0.39 is 0 Å². The van der Waals surface area contributed by atoms with E-state index in [1.807, 2.05) is 0 Å². The minimum atomic E-state index is -0.291. The van der Waals surface area contributed by atoms with Gasteiger partial charge in [-0.25, -0.2) is 0 Å².